The number of ketones is 1. The van der Waals surface area contributed by atoms with E-state index in [1.54, 1.807) is 18.2 Å². The molecule has 2 aromatic rings. The fraction of sp³-hybridized carbons (Fsp3) is 0.214. The molecule has 20 heavy (non-hydrogen) atoms. The number of hydrogen-bond acceptors (Lipinski definition) is 3. The van der Waals surface area contributed by atoms with E-state index in [-0.39, 0.29) is 17.4 Å². The molecule has 0 unspecified atom stereocenters. The molecule has 1 aromatic heterocycles. The van der Waals surface area contributed by atoms with Crippen LogP contribution < -0.4 is 0 Å². The van der Waals surface area contributed by atoms with Crippen LogP contribution in [0.4, 0.5) is 5.69 Å². The van der Waals surface area contributed by atoms with Gasteiger partial charge in [-0.1, -0.05) is 0 Å². The molecule has 1 aromatic carbocycles. The second kappa shape index (κ2) is 5.46. The minimum absolute atomic E-state index is 0.0354. The van der Waals surface area contributed by atoms with Crippen molar-refractivity contribution in [1.82, 2.24) is 4.57 Å². The summed E-state index contributed by atoms with van der Waals surface area (Å²) >= 11 is 5.59. The van der Waals surface area contributed by atoms with Gasteiger partial charge in [-0.15, -0.1) is 11.6 Å². The first-order chi connectivity index (χ1) is 9.45. The van der Waals surface area contributed by atoms with Crippen LogP contribution in [0.1, 0.15) is 21.7 Å². The van der Waals surface area contributed by atoms with Crippen LogP contribution in [-0.2, 0) is 0 Å². The zero-order chi connectivity index (χ0) is 14.9. The summed E-state index contributed by atoms with van der Waals surface area (Å²) in [5.74, 6) is -0.196. The molecule has 0 bridgehead atoms. The first-order valence-electron chi connectivity index (χ1n) is 5.98. The molecule has 0 atom stereocenters. The van der Waals surface area contributed by atoms with Crippen LogP contribution in [0.2, 0.25) is 0 Å². The molecule has 0 fully saturated rings. The number of nitro groups is 1. The molecule has 0 aliphatic rings. The quantitative estimate of drug-likeness (QED) is 0.375. The summed E-state index contributed by atoms with van der Waals surface area (Å²) < 4.78 is 1.88. The first-order valence-corrected chi connectivity index (χ1v) is 6.52. The van der Waals surface area contributed by atoms with Crippen molar-refractivity contribution in [3.8, 4) is 5.69 Å². The van der Waals surface area contributed by atoms with E-state index in [4.69, 9.17) is 11.6 Å². The summed E-state index contributed by atoms with van der Waals surface area (Å²) in [6, 6.07) is 7.98. The average molecular weight is 293 g/mol. The van der Waals surface area contributed by atoms with Gasteiger partial charge >= 0.3 is 0 Å². The Morgan fingerprint density at radius 1 is 1.30 bits per heavy atom. The van der Waals surface area contributed by atoms with E-state index in [1.807, 2.05) is 18.4 Å². The number of hydrogen-bond donors (Lipinski definition) is 0. The van der Waals surface area contributed by atoms with Gasteiger partial charge in [0.1, 0.15) is 0 Å². The molecule has 0 saturated heterocycles. The lowest BCUT2D eigenvalue weighted by Gasteiger charge is -2.09. The van der Waals surface area contributed by atoms with Crippen LogP contribution in [0.3, 0.4) is 0 Å². The Morgan fingerprint density at radius 2 is 1.90 bits per heavy atom. The van der Waals surface area contributed by atoms with Crippen molar-refractivity contribution in [3.63, 3.8) is 0 Å². The van der Waals surface area contributed by atoms with E-state index in [0.717, 1.165) is 17.1 Å². The van der Waals surface area contributed by atoms with Crippen molar-refractivity contribution in [2.24, 2.45) is 0 Å². The maximum Gasteiger partial charge on any atom is 0.269 e. The lowest BCUT2D eigenvalue weighted by molar-refractivity contribution is -0.384. The smallest absolute Gasteiger partial charge is 0.269 e. The van der Waals surface area contributed by atoms with Crippen LogP contribution in [0.5, 0.6) is 0 Å². The van der Waals surface area contributed by atoms with Crippen LogP contribution in [-0.4, -0.2) is 21.2 Å². The van der Waals surface area contributed by atoms with Crippen LogP contribution in [0.25, 0.3) is 5.69 Å². The number of halogens is 1. The number of nitro benzene ring substituents is 1. The Bertz CT molecular complexity index is 674. The number of carbonyl (C=O) groups is 1. The summed E-state index contributed by atoms with van der Waals surface area (Å²) in [7, 11) is 0. The van der Waals surface area contributed by atoms with Crippen LogP contribution in [0.15, 0.2) is 30.3 Å². The lowest BCUT2D eigenvalue weighted by Crippen LogP contribution is -2.04. The largest absolute Gasteiger partial charge is 0.318 e. The third kappa shape index (κ3) is 2.44. The number of benzene rings is 1. The van der Waals surface area contributed by atoms with Gasteiger partial charge in [-0.05, 0) is 32.0 Å². The standard InChI is InChI=1S/C14H13ClN2O3/c1-9-7-13(14(18)8-15)10(2)16(9)11-3-5-12(6-4-11)17(19)20/h3-7H,8H2,1-2H3. The zero-order valence-electron chi connectivity index (χ0n) is 11.1. The fourth-order valence-corrected chi connectivity index (χ4v) is 2.38. The predicted molar refractivity (Wildman–Crippen MR) is 76.9 cm³/mol. The summed E-state index contributed by atoms with van der Waals surface area (Å²) in [6.45, 7) is 3.70. The van der Waals surface area contributed by atoms with Crippen LogP contribution in [0, 0.1) is 24.0 Å². The Kier molecular flexibility index (Phi) is 3.90. The van der Waals surface area contributed by atoms with E-state index in [1.165, 1.54) is 12.1 Å². The number of nitrogens with zero attached hydrogens (tertiary/aromatic N) is 2. The maximum absolute atomic E-state index is 11.7. The highest BCUT2D eigenvalue weighted by Crippen LogP contribution is 2.23. The minimum Gasteiger partial charge on any atom is -0.318 e. The molecule has 6 heteroatoms. The Balaban J connectivity index is 2.50. The molecule has 0 aliphatic heterocycles. The SMILES string of the molecule is Cc1cc(C(=O)CCl)c(C)n1-c1ccc([N+](=O)[O-])cc1. The van der Waals surface area contributed by atoms with Crippen molar-refractivity contribution >= 4 is 23.1 Å². The monoisotopic (exact) mass is 292 g/mol. The number of carbonyl (C=O) groups excluding carboxylic acids is 1. The maximum atomic E-state index is 11.7. The molecule has 2 rings (SSSR count). The van der Waals surface area contributed by atoms with Crippen molar-refractivity contribution in [2.45, 2.75) is 13.8 Å². The van der Waals surface area contributed by atoms with Gasteiger partial charge in [0.25, 0.3) is 5.69 Å². The molecule has 0 aliphatic carbocycles. The highest BCUT2D eigenvalue weighted by Gasteiger charge is 2.16. The molecule has 1 heterocycles. The van der Waals surface area contributed by atoms with E-state index in [0.29, 0.717) is 5.56 Å². The Hall–Kier alpha value is -2.14. The summed E-state index contributed by atoms with van der Waals surface area (Å²) in [5, 5.41) is 10.7. The molecule has 5 nitrogen and oxygen atoms in total. The van der Waals surface area contributed by atoms with E-state index < -0.39 is 4.92 Å². The van der Waals surface area contributed by atoms with E-state index >= 15 is 0 Å². The lowest BCUT2D eigenvalue weighted by atomic mass is 10.2. The normalized spacial score (nSPS) is 10.6. The zero-order valence-corrected chi connectivity index (χ0v) is 11.8. The van der Waals surface area contributed by atoms with Crippen molar-refractivity contribution < 1.29 is 9.72 Å². The predicted octanol–water partition coefficient (Wildman–Crippen LogP) is 3.42. The molecule has 0 N–H and O–H groups in total. The van der Waals surface area contributed by atoms with Crippen molar-refractivity contribution in [1.29, 1.82) is 0 Å². The molecule has 0 saturated carbocycles. The summed E-state index contributed by atoms with van der Waals surface area (Å²) in [6.07, 6.45) is 0. The molecular weight excluding hydrogens is 280 g/mol. The summed E-state index contributed by atoms with van der Waals surface area (Å²) in [4.78, 5) is 22.0. The number of alkyl halides is 1. The van der Waals surface area contributed by atoms with Gasteiger partial charge in [0.15, 0.2) is 5.78 Å². The third-order valence-electron chi connectivity index (χ3n) is 3.17. The van der Waals surface area contributed by atoms with Gasteiger partial charge < -0.3 is 4.57 Å². The van der Waals surface area contributed by atoms with Crippen molar-refractivity contribution in [2.75, 3.05) is 5.88 Å². The average Bonchev–Trinajstić information content (AvgIpc) is 2.73. The van der Waals surface area contributed by atoms with Gasteiger partial charge in [-0.3, -0.25) is 14.9 Å². The Morgan fingerprint density at radius 3 is 2.40 bits per heavy atom. The van der Waals surface area contributed by atoms with Gasteiger partial charge in [-0.25, -0.2) is 0 Å². The fourth-order valence-electron chi connectivity index (χ4n) is 2.24. The van der Waals surface area contributed by atoms with Crippen LogP contribution >= 0.6 is 11.6 Å². The van der Waals surface area contributed by atoms with E-state index in [2.05, 4.69) is 0 Å². The number of aryl methyl sites for hydroxylation is 1. The number of non-ortho nitro benzene ring substituents is 1. The van der Waals surface area contributed by atoms with Gasteiger partial charge in [-0.2, -0.15) is 0 Å². The molecule has 0 radical (unpaired) electrons. The second-order valence-electron chi connectivity index (χ2n) is 4.45. The highest BCUT2D eigenvalue weighted by molar-refractivity contribution is 6.30. The van der Waals surface area contributed by atoms with Gasteiger partial charge in [0.05, 0.1) is 10.8 Å². The number of rotatable bonds is 4. The van der Waals surface area contributed by atoms with Crippen molar-refractivity contribution in [3.05, 3.63) is 57.4 Å². The first kappa shape index (κ1) is 14.3. The van der Waals surface area contributed by atoms with E-state index in [9.17, 15) is 14.9 Å². The topological polar surface area (TPSA) is 65.1 Å². The van der Waals surface area contributed by atoms with Gasteiger partial charge in [0.2, 0.25) is 0 Å². The van der Waals surface area contributed by atoms with Gasteiger partial charge in [0, 0.05) is 34.8 Å². The molecule has 104 valence electrons. The second-order valence-corrected chi connectivity index (χ2v) is 4.72. The minimum atomic E-state index is -0.443. The Labute approximate surface area is 120 Å². The number of aromatic nitrogens is 1. The molecule has 0 spiro atoms. The molecular formula is C14H13ClN2O3. The highest BCUT2D eigenvalue weighted by atomic mass is 35.5. The third-order valence-corrected chi connectivity index (χ3v) is 3.41. The number of Topliss-reactive ketones (excluding diaryl/α,β-unsaturated/α-hetero) is 1. The molecule has 0 amide bonds. The summed E-state index contributed by atoms with van der Waals surface area (Å²) in [5.41, 5.74) is 3.05.